The van der Waals surface area contributed by atoms with Crippen molar-refractivity contribution in [3.8, 4) is 5.75 Å². The molecule has 1 amide bonds. The normalized spacial score (nSPS) is 17.9. The van der Waals surface area contributed by atoms with E-state index in [1.165, 1.54) is 30.3 Å². The summed E-state index contributed by atoms with van der Waals surface area (Å²) in [4.78, 5) is 12.9. The quantitative estimate of drug-likeness (QED) is 0.572. The molecule has 6 heteroatoms. The minimum atomic E-state index is -3.65. The van der Waals surface area contributed by atoms with Gasteiger partial charge in [0, 0.05) is 11.3 Å². The smallest absolute Gasteiger partial charge is 0.349 e. The van der Waals surface area contributed by atoms with Gasteiger partial charge >= 0.3 is 11.8 Å². The van der Waals surface area contributed by atoms with Crippen LogP contribution in [0.1, 0.15) is 17.2 Å². The summed E-state index contributed by atoms with van der Waals surface area (Å²) in [5.41, 5.74) is 1.04. The number of amides is 1. The molecular formula is C22H16F3NO2. The number of hydrogen-bond acceptors (Lipinski definition) is 2. The highest BCUT2D eigenvalue weighted by atomic mass is 19.3. The number of benzene rings is 3. The van der Waals surface area contributed by atoms with Crippen LogP contribution in [-0.4, -0.2) is 11.8 Å². The summed E-state index contributed by atoms with van der Waals surface area (Å²) in [6.07, 6.45) is 0. The Kier molecular flexibility index (Phi) is 4.55. The summed E-state index contributed by atoms with van der Waals surface area (Å²) in [6, 6.07) is 19.4. The van der Waals surface area contributed by atoms with Crippen molar-refractivity contribution in [3.63, 3.8) is 0 Å². The Morgan fingerprint density at radius 3 is 2.21 bits per heavy atom. The lowest BCUT2D eigenvalue weighted by Gasteiger charge is -2.46. The maximum Gasteiger partial charge on any atom is 0.349 e. The molecule has 0 spiro atoms. The average Bonchev–Trinajstić information content (AvgIpc) is 2.72. The average molecular weight is 383 g/mol. The highest BCUT2D eigenvalue weighted by Crippen LogP contribution is 2.50. The topological polar surface area (TPSA) is 29.5 Å². The van der Waals surface area contributed by atoms with Gasteiger partial charge in [-0.25, -0.2) is 4.39 Å². The Morgan fingerprint density at radius 1 is 0.893 bits per heavy atom. The van der Waals surface area contributed by atoms with Crippen molar-refractivity contribution in [2.75, 3.05) is 4.90 Å². The minimum Gasteiger partial charge on any atom is -0.489 e. The molecule has 28 heavy (non-hydrogen) atoms. The molecule has 1 saturated heterocycles. The molecule has 3 aromatic rings. The molecule has 0 aliphatic carbocycles. The molecule has 1 aliphatic heterocycles. The van der Waals surface area contributed by atoms with Crippen molar-refractivity contribution in [1.82, 2.24) is 0 Å². The second-order valence-electron chi connectivity index (χ2n) is 6.49. The van der Waals surface area contributed by atoms with Gasteiger partial charge in [0.25, 0.3) is 0 Å². The first-order valence-electron chi connectivity index (χ1n) is 8.71. The van der Waals surface area contributed by atoms with Gasteiger partial charge in [-0.05, 0) is 35.9 Å². The first kappa shape index (κ1) is 18.1. The van der Waals surface area contributed by atoms with E-state index in [1.54, 1.807) is 12.1 Å². The lowest BCUT2D eigenvalue weighted by molar-refractivity contribution is -0.162. The van der Waals surface area contributed by atoms with Crippen molar-refractivity contribution in [3.05, 3.63) is 95.8 Å². The zero-order valence-electron chi connectivity index (χ0n) is 14.7. The molecule has 1 aliphatic rings. The van der Waals surface area contributed by atoms with Gasteiger partial charge in [0.1, 0.15) is 24.2 Å². The van der Waals surface area contributed by atoms with Crippen LogP contribution < -0.4 is 9.64 Å². The number of alkyl halides is 2. The van der Waals surface area contributed by atoms with Crippen LogP contribution in [0, 0.1) is 5.82 Å². The zero-order valence-corrected chi connectivity index (χ0v) is 14.7. The fraction of sp³-hybridized carbons (Fsp3) is 0.136. The molecule has 1 heterocycles. The van der Waals surface area contributed by atoms with Crippen LogP contribution in [0.3, 0.4) is 0 Å². The molecular weight excluding hydrogens is 367 g/mol. The SMILES string of the molecule is O=C1N(c2ccc(OCc3ccccc3)cc2)[C@H](c2ccccc2F)C1(F)F. The van der Waals surface area contributed by atoms with E-state index < -0.39 is 23.7 Å². The van der Waals surface area contributed by atoms with Gasteiger partial charge in [-0.1, -0.05) is 48.5 Å². The highest BCUT2D eigenvalue weighted by Gasteiger charge is 2.65. The minimum absolute atomic E-state index is 0.212. The number of carbonyl (C=O) groups excluding carboxylic acids is 1. The Hall–Kier alpha value is -3.28. The molecule has 4 rings (SSSR count). The molecule has 0 N–H and O–H groups in total. The summed E-state index contributed by atoms with van der Waals surface area (Å²) in [7, 11) is 0. The third kappa shape index (κ3) is 3.11. The van der Waals surface area contributed by atoms with Gasteiger partial charge in [-0.15, -0.1) is 0 Å². The molecule has 0 saturated carbocycles. The molecule has 1 atom stereocenters. The van der Waals surface area contributed by atoms with E-state index in [9.17, 15) is 18.0 Å². The van der Waals surface area contributed by atoms with Crippen LogP contribution in [0.2, 0.25) is 0 Å². The van der Waals surface area contributed by atoms with Crippen LogP contribution in [0.4, 0.5) is 18.9 Å². The number of β-lactam (4-membered cyclic amide) rings is 1. The molecule has 3 aromatic carbocycles. The number of carbonyl (C=O) groups is 1. The van der Waals surface area contributed by atoms with E-state index in [-0.39, 0.29) is 11.3 Å². The fourth-order valence-electron chi connectivity index (χ4n) is 3.23. The van der Waals surface area contributed by atoms with E-state index in [4.69, 9.17) is 4.74 Å². The van der Waals surface area contributed by atoms with E-state index in [0.717, 1.165) is 16.5 Å². The van der Waals surface area contributed by atoms with E-state index in [0.29, 0.717) is 12.4 Å². The molecule has 1 fully saturated rings. The first-order chi connectivity index (χ1) is 13.5. The van der Waals surface area contributed by atoms with Crippen molar-refractivity contribution < 1.29 is 22.7 Å². The predicted octanol–water partition coefficient (Wildman–Crippen LogP) is 5.13. The van der Waals surface area contributed by atoms with E-state index >= 15 is 0 Å². The van der Waals surface area contributed by atoms with Crippen molar-refractivity contribution >= 4 is 11.6 Å². The summed E-state index contributed by atoms with van der Waals surface area (Å²) >= 11 is 0. The Labute approximate surface area is 160 Å². The van der Waals surface area contributed by atoms with Gasteiger partial charge in [0.05, 0.1) is 0 Å². The maximum absolute atomic E-state index is 14.2. The molecule has 142 valence electrons. The summed E-state index contributed by atoms with van der Waals surface area (Å²) in [5.74, 6) is -5.23. The summed E-state index contributed by atoms with van der Waals surface area (Å²) < 4.78 is 48.1. The van der Waals surface area contributed by atoms with Crippen molar-refractivity contribution in [2.45, 2.75) is 18.6 Å². The van der Waals surface area contributed by atoms with Crippen molar-refractivity contribution in [2.24, 2.45) is 0 Å². The third-order valence-corrected chi connectivity index (χ3v) is 4.67. The fourth-order valence-corrected chi connectivity index (χ4v) is 3.23. The largest absolute Gasteiger partial charge is 0.489 e. The van der Waals surface area contributed by atoms with Crippen LogP contribution in [0.15, 0.2) is 78.9 Å². The van der Waals surface area contributed by atoms with Gasteiger partial charge < -0.3 is 4.74 Å². The highest BCUT2D eigenvalue weighted by molar-refractivity contribution is 6.07. The number of anilines is 1. The van der Waals surface area contributed by atoms with Crippen LogP contribution in [0.5, 0.6) is 5.75 Å². The van der Waals surface area contributed by atoms with Crippen LogP contribution >= 0.6 is 0 Å². The second-order valence-corrected chi connectivity index (χ2v) is 6.49. The monoisotopic (exact) mass is 383 g/mol. The van der Waals surface area contributed by atoms with Gasteiger partial charge in [0.15, 0.2) is 0 Å². The zero-order chi connectivity index (χ0) is 19.7. The lowest BCUT2D eigenvalue weighted by atomic mass is 9.88. The maximum atomic E-state index is 14.2. The number of nitrogens with zero attached hydrogens (tertiary/aromatic N) is 1. The van der Waals surface area contributed by atoms with Gasteiger partial charge in [-0.2, -0.15) is 8.78 Å². The summed E-state index contributed by atoms with van der Waals surface area (Å²) in [5, 5.41) is 0. The number of ether oxygens (including phenoxy) is 1. The summed E-state index contributed by atoms with van der Waals surface area (Å²) in [6.45, 7) is 0.360. The number of hydrogen-bond donors (Lipinski definition) is 0. The van der Waals surface area contributed by atoms with Crippen LogP contribution in [0.25, 0.3) is 0 Å². The van der Waals surface area contributed by atoms with E-state index in [1.807, 2.05) is 30.3 Å². The Bertz CT molecular complexity index is 990. The third-order valence-electron chi connectivity index (χ3n) is 4.67. The first-order valence-corrected chi connectivity index (χ1v) is 8.71. The van der Waals surface area contributed by atoms with Gasteiger partial charge in [0.2, 0.25) is 0 Å². The molecule has 0 bridgehead atoms. The Balaban J connectivity index is 1.54. The van der Waals surface area contributed by atoms with Crippen LogP contribution in [-0.2, 0) is 11.4 Å². The predicted molar refractivity (Wildman–Crippen MR) is 98.8 cm³/mol. The van der Waals surface area contributed by atoms with Gasteiger partial charge in [-0.3, -0.25) is 9.69 Å². The number of halogens is 3. The number of rotatable bonds is 5. The second kappa shape index (κ2) is 7.03. The molecule has 0 unspecified atom stereocenters. The Morgan fingerprint density at radius 2 is 1.54 bits per heavy atom. The standard InChI is InChI=1S/C22H16F3NO2/c23-19-9-5-4-8-18(19)20-22(24,25)21(27)26(20)16-10-12-17(13-11-16)28-14-15-6-2-1-3-7-15/h1-13,20H,14H2/t20-/m1/s1. The lowest BCUT2D eigenvalue weighted by Crippen LogP contribution is -2.64. The van der Waals surface area contributed by atoms with E-state index in [2.05, 4.69) is 0 Å². The molecule has 0 aromatic heterocycles. The molecule has 3 nitrogen and oxygen atoms in total. The van der Waals surface area contributed by atoms with Crippen molar-refractivity contribution in [1.29, 1.82) is 0 Å². The molecule has 0 radical (unpaired) electrons.